The molecule has 0 saturated carbocycles. The van der Waals surface area contributed by atoms with Crippen LogP contribution in [0.1, 0.15) is 47.1 Å². The van der Waals surface area contributed by atoms with Crippen LogP contribution < -0.4 is 11.4 Å². The predicted octanol–water partition coefficient (Wildman–Crippen LogP) is 3.74. The molecular weight excluding hydrogens is 318 g/mol. The predicted molar refractivity (Wildman–Crippen MR) is 102 cm³/mol. The molecule has 0 radical (unpaired) electrons. The molecule has 24 heavy (non-hydrogen) atoms. The van der Waals surface area contributed by atoms with Crippen molar-refractivity contribution in [2.75, 3.05) is 12.3 Å². The number of hydrogen-bond donors (Lipinski definition) is 1. The molecule has 1 aromatic rings. The van der Waals surface area contributed by atoms with Gasteiger partial charge in [0, 0.05) is 18.7 Å². The second kappa shape index (κ2) is 6.48. The molecule has 0 amide bonds. The summed E-state index contributed by atoms with van der Waals surface area (Å²) in [5, 5.41) is 0.204. The molecule has 5 nitrogen and oxygen atoms in total. The summed E-state index contributed by atoms with van der Waals surface area (Å²) in [4.78, 5) is 16.0. The molecule has 0 saturated heterocycles. The van der Waals surface area contributed by atoms with Crippen molar-refractivity contribution < 1.29 is 4.43 Å². The van der Waals surface area contributed by atoms with Gasteiger partial charge in [0.25, 0.3) is 0 Å². The van der Waals surface area contributed by atoms with Gasteiger partial charge in [-0.05, 0) is 44.5 Å². The number of hydrogen-bond acceptors (Lipinski definition) is 4. The molecule has 6 heteroatoms. The summed E-state index contributed by atoms with van der Waals surface area (Å²) in [7, 11) is -1.76. The lowest BCUT2D eigenvalue weighted by molar-refractivity contribution is 0.238. The molecule has 1 aliphatic rings. The number of allylic oxidation sites excluding steroid dienone is 1. The highest BCUT2D eigenvalue weighted by molar-refractivity contribution is 6.74. The van der Waals surface area contributed by atoms with E-state index in [0.29, 0.717) is 5.92 Å². The molecule has 0 aromatic carbocycles. The van der Waals surface area contributed by atoms with E-state index in [1.54, 1.807) is 16.8 Å². The van der Waals surface area contributed by atoms with Crippen LogP contribution in [0, 0.1) is 5.92 Å². The third-order valence-corrected chi connectivity index (χ3v) is 10.4. The fourth-order valence-corrected chi connectivity index (χ4v) is 3.96. The van der Waals surface area contributed by atoms with Gasteiger partial charge in [0.05, 0.1) is 6.04 Å². The summed E-state index contributed by atoms with van der Waals surface area (Å²) in [6.45, 7) is 16.3. The average Bonchev–Trinajstić information content (AvgIpc) is 2.72. The summed E-state index contributed by atoms with van der Waals surface area (Å²) in [6.07, 6.45) is 2.64. The minimum atomic E-state index is -1.76. The van der Waals surface area contributed by atoms with Crippen molar-refractivity contribution in [2.24, 2.45) is 5.92 Å². The van der Waals surface area contributed by atoms with Crippen LogP contribution in [0.2, 0.25) is 18.1 Å². The van der Waals surface area contributed by atoms with Gasteiger partial charge in [-0.3, -0.25) is 4.57 Å². The molecule has 0 unspecified atom stereocenters. The van der Waals surface area contributed by atoms with Crippen LogP contribution in [0.4, 0.5) is 5.82 Å². The summed E-state index contributed by atoms with van der Waals surface area (Å²) in [5.41, 5.74) is 7.90. The highest BCUT2D eigenvalue weighted by Gasteiger charge is 2.39. The highest BCUT2D eigenvalue weighted by atomic mass is 28.4. The molecule has 2 N–H and O–H groups in total. The first-order valence-corrected chi connectivity index (χ1v) is 11.5. The van der Waals surface area contributed by atoms with Gasteiger partial charge in [-0.2, -0.15) is 4.98 Å². The van der Waals surface area contributed by atoms with Gasteiger partial charge in [0.2, 0.25) is 0 Å². The minimum absolute atomic E-state index is 0.0543. The van der Waals surface area contributed by atoms with Crippen molar-refractivity contribution in [3.05, 3.63) is 33.9 Å². The van der Waals surface area contributed by atoms with E-state index in [1.165, 1.54) is 11.1 Å². The maximum absolute atomic E-state index is 12.2. The third-order valence-electron chi connectivity index (χ3n) is 5.88. The summed E-state index contributed by atoms with van der Waals surface area (Å²) in [6, 6.07) is 1.74. The summed E-state index contributed by atoms with van der Waals surface area (Å²) in [5.74, 6) is 0.624. The highest BCUT2D eigenvalue weighted by Crippen LogP contribution is 2.41. The third kappa shape index (κ3) is 3.64. The fraction of sp³-hybridized carbons (Fsp3) is 0.667. The maximum Gasteiger partial charge on any atom is 0.350 e. The molecular formula is C18H31N3O2Si. The number of anilines is 1. The molecule has 0 bridgehead atoms. The first kappa shape index (κ1) is 18.9. The normalized spacial score (nSPS) is 22.3. The minimum Gasteiger partial charge on any atom is -0.416 e. The summed E-state index contributed by atoms with van der Waals surface area (Å²) < 4.78 is 8.11. The second-order valence-electron chi connectivity index (χ2n) is 8.43. The Morgan fingerprint density at radius 2 is 1.96 bits per heavy atom. The van der Waals surface area contributed by atoms with Crippen molar-refractivity contribution in [1.29, 1.82) is 0 Å². The van der Waals surface area contributed by atoms with Crippen molar-refractivity contribution in [3.8, 4) is 0 Å². The Morgan fingerprint density at radius 1 is 1.33 bits per heavy atom. The summed E-state index contributed by atoms with van der Waals surface area (Å²) >= 11 is 0. The largest absolute Gasteiger partial charge is 0.416 e. The lowest BCUT2D eigenvalue weighted by Gasteiger charge is -2.37. The van der Waals surface area contributed by atoms with Crippen LogP contribution in [0.5, 0.6) is 0 Å². The van der Waals surface area contributed by atoms with E-state index >= 15 is 0 Å². The number of nitrogen functional groups attached to an aromatic ring is 1. The monoisotopic (exact) mass is 349 g/mol. The zero-order valence-electron chi connectivity index (χ0n) is 16.0. The fourth-order valence-electron chi connectivity index (χ4n) is 2.91. The van der Waals surface area contributed by atoms with Crippen molar-refractivity contribution >= 4 is 14.1 Å². The Balaban J connectivity index is 2.16. The molecule has 1 heterocycles. The molecule has 0 fully saturated rings. The Morgan fingerprint density at radius 3 is 2.50 bits per heavy atom. The topological polar surface area (TPSA) is 70.1 Å². The van der Waals surface area contributed by atoms with Crippen molar-refractivity contribution in [3.63, 3.8) is 0 Å². The van der Waals surface area contributed by atoms with Gasteiger partial charge < -0.3 is 10.2 Å². The number of aromatic nitrogens is 2. The van der Waals surface area contributed by atoms with E-state index in [9.17, 15) is 4.79 Å². The van der Waals surface area contributed by atoms with Crippen LogP contribution in [0.3, 0.4) is 0 Å². The first-order valence-electron chi connectivity index (χ1n) is 8.60. The Labute approximate surface area is 146 Å². The lowest BCUT2D eigenvalue weighted by atomic mass is 10.0. The standard InChI is InChI=1S/C18H31N3O2Si/c1-12-13(2)15(21-9-8-16(19)20-17(21)22)10-14(12)11-23-24(6,7)18(3,4)5/h8-9,14-15H,10-11H2,1-7H3,(H2,19,20,22)/t14-,15-/m1/s1. The van der Waals surface area contributed by atoms with E-state index in [2.05, 4.69) is 52.7 Å². The number of nitrogens with two attached hydrogens (primary N) is 1. The van der Waals surface area contributed by atoms with Crippen LogP contribution >= 0.6 is 0 Å². The van der Waals surface area contributed by atoms with Gasteiger partial charge in [0.1, 0.15) is 5.82 Å². The Kier molecular flexibility index (Phi) is 5.11. The van der Waals surface area contributed by atoms with Crippen molar-refractivity contribution in [1.82, 2.24) is 9.55 Å². The van der Waals surface area contributed by atoms with E-state index < -0.39 is 8.32 Å². The van der Waals surface area contributed by atoms with Crippen LogP contribution in [0.15, 0.2) is 28.2 Å². The van der Waals surface area contributed by atoms with E-state index in [-0.39, 0.29) is 22.6 Å². The smallest absolute Gasteiger partial charge is 0.350 e. The first-order chi connectivity index (χ1) is 10.9. The molecule has 2 rings (SSSR count). The molecule has 0 aliphatic heterocycles. The quantitative estimate of drug-likeness (QED) is 0.664. The molecule has 1 aromatic heterocycles. The van der Waals surface area contributed by atoms with Gasteiger partial charge in [-0.1, -0.05) is 31.9 Å². The zero-order chi connectivity index (χ0) is 18.3. The van der Waals surface area contributed by atoms with Gasteiger partial charge in [-0.15, -0.1) is 0 Å². The van der Waals surface area contributed by atoms with E-state index in [0.717, 1.165) is 13.0 Å². The van der Waals surface area contributed by atoms with Crippen LogP contribution in [0.25, 0.3) is 0 Å². The Bertz CT molecular complexity index is 701. The van der Waals surface area contributed by atoms with Crippen LogP contribution in [-0.2, 0) is 4.43 Å². The Hall–Kier alpha value is -1.40. The van der Waals surface area contributed by atoms with Gasteiger partial charge in [0.15, 0.2) is 8.32 Å². The van der Waals surface area contributed by atoms with E-state index in [4.69, 9.17) is 10.2 Å². The van der Waals surface area contributed by atoms with Crippen molar-refractivity contribution in [2.45, 2.75) is 65.2 Å². The number of nitrogens with zero attached hydrogens (tertiary/aromatic N) is 2. The van der Waals surface area contributed by atoms with Crippen LogP contribution in [-0.4, -0.2) is 24.5 Å². The zero-order valence-corrected chi connectivity index (χ0v) is 17.0. The van der Waals surface area contributed by atoms with Gasteiger partial charge in [-0.25, -0.2) is 4.79 Å². The average molecular weight is 350 g/mol. The molecule has 134 valence electrons. The maximum atomic E-state index is 12.2. The van der Waals surface area contributed by atoms with E-state index in [1.807, 2.05) is 0 Å². The molecule has 1 aliphatic carbocycles. The lowest BCUT2D eigenvalue weighted by Crippen LogP contribution is -2.42. The number of rotatable bonds is 4. The van der Waals surface area contributed by atoms with Gasteiger partial charge >= 0.3 is 5.69 Å². The molecule has 2 atom stereocenters. The molecule has 0 spiro atoms. The SMILES string of the molecule is CC1=C(C)[C@H](n2ccc(N)nc2=O)C[C@@H]1CO[Si](C)(C)C(C)(C)C. The second-order valence-corrected chi connectivity index (χ2v) is 13.2.